The summed E-state index contributed by atoms with van der Waals surface area (Å²) in [6.07, 6.45) is 7.25. The zero-order valence-electron chi connectivity index (χ0n) is 23.6. The standard InChI is InChI=1S/C32H37FN6O/c1-4-28-25(10-7-20(2)35-28)26-12-24(39-17-23-16-37(19-40)18-29(23)36(39)3)13-27-30(33)31(22-6-5-11-34-14-22)38(32(26)27)15-21-8-9-21/h6-7,10,12-13,19,21,34H,4-5,8-9,11,14-18H2,1-3H3. The van der Waals surface area contributed by atoms with Crippen LogP contribution in [0.15, 0.2) is 41.6 Å². The number of fused-ring (bicyclic) bond motifs is 1. The second kappa shape index (κ2) is 9.77. The number of likely N-dealkylation sites (N-methyl/N-ethyl adjacent to an activating group) is 1. The number of carbonyl (C=O) groups excluding carboxylic acids is 1. The SMILES string of the molecule is CCc1nc(C)ccc1-c1cc(N2CC3=C(CN(C=O)C3)N2C)cc2c(F)c(C3=CCCNC3)n(CC3CC3)c12. The van der Waals surface area contributed by atoms with Gasteiger partial charge in [0.2, 0.25) is 6.41 Å². The molecule has 0 atom stereocenters. The van der Waals surface area contributed by atoms with Gasteiger partial charge in [-0.1, -0.05) is 19.1 Å². The van der Waals surface area contributed by atoms with Gasteiger partial charge in [0, 0.05) is 54.6 Å². The predicted octanol–water partition coefficient (Wildman–Crippen LogP) is 4.89. The number of aromatic nitrogens is 2. The molecule has 8 heteroatoms. The Morgan fingerprint density at radius 1 is 1.15 bits per heavy atom. The van der Waals surface area contributed by atoms with Gasteiger partial charge < -0.3 is 14.8 Å². The van der Waals surface area contributed by atoms with Crippen molar-refractivity contribution in [3.05, 3.63) is 64.5 Å². The monoisotopic (exact) mass is 540 g/mol. The molecule has 4 aliphatic rings. The van der Waals surface area contributed by atoms with Gasteiger partial charge in [0.25, 0.3) is 0 Å². The molecule has 0 saturated heterocycles. The molecule has 3 aliphatic heterocycles. The van der Waals surface area contributed by atoms with E-state index in [-0.39, 0.29) is 5.82 Å². The van der Waals surface area contributed by atoms with Crippen LogP contribution in [0.4, 0.5) is 10.1 Å². The van der Waals surface area contributed by atoms with Crippen LogP contribution in [0.3, 0.4) is 0 Å². The molecule has 1 aromatic carbocycles. The molecule has 7 nitrogen and oxygen atoms in total. The summed E-state index contributed by atoms with van der Waals surface area (Å²) in [5, 5.41) is 8.50. The highest BCUT2D eigenvalue weighted by atomic mass is 19.1. The molecule has 1 saturated carbocycles. The van der Waals surface area contributed by atoms with E-state index in [0.29, 0.717) is 37.5 Å². The number of amides is 1. The summed E-state index contributed by atoms with van der Waals surface area (Å²) in [6.45, 7) is 8.57. The van der Waals surface area contributed by atoms with Gasteiger partial charge >= 0.3 is 0 Å². The maximum absolute atomic E-state index is 16.8. The molecular weight excluding hydrogens is 503 g/mol. The number of nitrogens with one attached hydrogen (secondary N) is 1. The summed E-state index contributed by atoms with van der Waals surface area (Å²) in [7, 11) is 2.05. The van der Waals surface area contributed by atoms with Crippen molar-refractivity contribution < 1.29 is 9.18 Å². The second-order valence-corrected chi connectivity index (χ2v) is 11.7. The summed E-state index contributed by atoms with van der Waals surface area (Å²) in [5.74, 6) is 0.471. The van der Waals surface area contributed by atoms with E-state index in [1.54, 1.807) is 4.90 Å². The fourth-order valence-corrected chi connectivity index (χ4v) is 6.73. The molecular formula is C32H37FN6O. The first kappa shape index (κ1) is 25.3. The number of hydrazine groups is 1. The van der Waals surface area contributed by atoms with Crippen molar-refractivity contribution in [3.63, 3.8) is 0 Å². The first-order chi connectivity index (χ1) is 19.5. The molecule has 1 fully saturated rings. The van der Waals surface area contributed by atoms with E-state index in [1.165, 1.54) is 18.4 Å². The van der Waals surface area contributed by atoms with Crippen molar-refractivity contribution in [2.75, 3.05) is 44.8 Å². The Bertz CT molecular complexity index is 1580. The molecule has 1 aliphatic carbocycles. The largest absolute Gasteiger partial charge is 0.337 e. The molecule has 0 bridgehead atoms. The minimum Gasteiger partial charge on any atom is -0.337 e. The van der Waals surface area contributed by atoms with Gasteiger partial charge in [-0.2, -0.15) is 0 Å². The zero-order valence-corrected chi connectivity index (χ0v) is 23.6. The van der Waals surface area contributed by atoms with Crippen LogP contribution >= 0.6 is 0 Å². The average molecular weight is 541 g/mol. The third kappa shape index (κ3) is 4.12. The van der Waals surface area contributed by atoms with E-state index in [0.717, 1.165) is 83.0 Å². The van der Waals surface area contributed by atoms with Crippen LogP contribution in [0.25, 0.3) is 27.6 Å². The molecule has 3 aromatic rings. The Labute approximate surface area is 234 Å². The number of rotatable bonds is 7. The van der Waals surface area contributed by atoms with Gasteiger partial charge in [-0.3, -0.25) is 19.8 Å². The van der Waals surface area contributed by atoms with Crippen LogP contribution < -0.4 is 10.3 Å². The minimum atomic E-state index is -0.124. The summed E-state index contributed by atoms with van der Waals surface area (Å²) in [6, 6.07) is 8.52. The maximum Gasteiger partial charge on any atom is 0.210 e. The van der Waals surface area contributed by atoms with Crippen LogP contribution in [0.5, 0.6) is 0 Å². The number of hydrogen-bond donors (Lipinski definition) is 1. The lowest BCUT2D eigenvalue weighted by molar-refractivity contribution is -0.117. The lowest BCUT2D eigenvalue weighted by Crippen LogP contribution is -2.38. The van der Waals surface area contributed by atoms with Gasteiger partial charge in [-0.05, 0) is 74.4 Å². The number of aryl methyl sites for hydroxylation is 2. The molecule has 1 N–H and O–H groups in total. The number of hydrogen-bond acceptors (Lipinski definition) is 5. The first-order valence-electron chi connectivity index (χ1n) is 14.6. The van der Waals surface area contributed by atoms with E-state index >= 15 is 4.39 Å². The normalized spacial score (nSPS) is 19.2. The number of halogens is 1. The molecule has 0 unspecified atom stereocenters. The molecule has 0 spiro atoms. The Morgan fingerprint density at radius 2 is 2.00 bits per heavy atom. The van der Waals surface area contributed by atoms with Crippen LogP contribution in [0.2, 0.25) is 0 Å². The van der Waals surface area contributed by atoms with Gasteiger partial charge in [-0.25, -0.2) is 4.39 Å². The molecule has 2 aromatic heterocycles. The number of nitrogens with zero attached hydrogens (tertiary/aromatic N) is 5. The molecule has 40 heavy (non-hydrogen) atoms. The number of benzene rings is 1. The Balaban J connectivity index is 1.45. The topological polar surface area (TPSA) is 56.6 Å². The van der Waals surface area contributed by atoms with Gasteiger partial charge in [-0.15, -0.1) is 0 Å². The van der Waals surface area contributed by atoms with E-state index < -0.39 is 0 Å². The third-order valence-corrected chi connectivity index (χ3v) is 8.98. The highest BCUT2D eigenvalue weighted by Crippen LogP contribution is 2.44. The van der Waals surface area contributed by atoms with Gasteiger partial charge in [0.05, 0.1) is 35.7 Å². The van der Waals surface area contributed by atoms with Crippen molar-refractivity contribution in [2.24, 2.45) is 5.92 Å². The van der Waals surface area contributed by atoms with E-state index in [2.05, 4.69) is 51.1 Å². The minimum absolute atomic E-state index is 0.124. The molecule has 7 rings (SSSR count). The van der Waals surface area contributed by atoms with Gasteiger partial charge in [0.1, 0.15) is 0 Å². The van der Waals surface area contributed by atoms with Crippen molar-refractivity contribution in [1.82, 2.24) is 24.8 Å². The first-order valence-corrected chi connectivity index (χ1v) is 14.6. The summed E-state index contributed by atoms with van der Waals surface area (Å²) in [5.41, 5.74) is 10.3. The van der Waals surface area contributed by atoms with Crippen molar-refractivity contribution in [3.8, 4) is 11.1 Å². The lowest BCUT2D eigenvalue weighted by Gasteiger charge is -2.32. The lowest BCUT2D eigenvalue weighted by atomic mass is 9.98. The zero-order chi connectivity index (χ0) is 27.5. The van der Waals surface area contributed by atoms with Gasteiger partial charge in [0.15, 0.2) is 5.82 Å². The van der Waals surface area contributed by atoms with E-state index in [1.807, 2.05) is 20.0 Å². The Morgan fingerprint density at radius 3 is 2.70 bits per heavy atom. The highest BCUT2D eigenvalue weighted by molar-refractivity contribution is 6.01. The van der Waals surface area contributed by atoms with Crippen molar-refractivity contribution in [1.29, 1.82) is 0 Å². The van der Waals surface area contributed by atoms with Crippen molar-refractivity contribution in [2.45, 2.75) is 46.1 Å². The molecule has 5 heterocycles. The number of anilines is 1. The van der Waals surface area contributed by atoms with E-state index in [4.69, 9.17) is 4.98 Å². The molecule has 1 amide bonds. The van der Waals surface area contributed by atoms with Crippen molar-refractivity contribution >= 4 is 28.6 Å². The smallest absolute Gasteiger partial charge is 0.210 e. The summed E-state index contributed by atoms with van der Waals surface area (Å²) in [4.78, 5) is 18.1. The fraction of sp³-hybridized carbons (Fsp3) is 0.438. The average Bonchev–Trinajstić information content (AvgIpc) is 3.52. The van der Waals surface area contributed by atoms with Crippen LogP contribution in [0, 0.1) is 18.7 Å². The molecule has 0 radical (unpaired) electrons. The summed E-state index contributed by atoms with van der Waals surface area (Å²) >= 11 is 0. The van der Waals surface area contributed by atoms with Crippen LogP contribution in [0.1, 0.15) is 43.3 Å². The number of pyridine rings is 1. The summed E-state index contributed by atoms with van der Waals surface area (Å²) < 4.78 is 19.1. The second-order valence-electron chi connectivity index (χ2n) is 11.7. The highest BCUT2D eigenvalue weighted by Gasteiger charge is 2.35. The maximum atomic E-state index is 16.8. The predicted molar refractivity (Wildman–Crippen MR) is 157 cm³/mol. The Hall–Kier alpha value is -3.65. The third-order valence-electron chi connectivity index (χ3n) is 8.98. The quantitative estimate of drug-likeness (QED) is 0.433. The number of carbonyl (C=O) groups is 1. The molecule has 208 valence electrons. The van der Waals surface area contributed by atoms with Crippen LogP contribution in [-0.4, -0.2) is 65.6 Å². The Kier molecular flexibility index (Phi) is 6.18. The fourth-order valence-electron chi connectivity index (χ4n) is 6.73. The van der Waals surface area contributed by atoms with Crippen LogP contribution in [-0.2, 0) is 17.8 Å². The van der Waals surface area contributed by atoms with E-state index in [9.17, 15) is 4.79 Å².